The maximum absolute atomic E-state index is 12.0. The van der Waals surface area contributed by atoms with Crippen LogP contribution in [0.3, 0.4) is 0 Å². The summed E-state index contributed by atoms with van der Waals surface area (Å²) in [5.41, 5.74) is 13.8. The van der Waals surface area contributed by atoms with Crippen LogP contribution in [0.15, 0.2) is 48.5 Å². The molecule has 0 aliphatic heterocycles. The van der Waals surface area contributed by atoms with Gasteiger partial charge in [0.15, 0.2) is 0 Å². The third-order valence-electron chi connectivity index (χ3n) is 3.19. The van der Waals surface area contributed by atoms with Crippen LogP contribution in [0.25, 0.3) is 0 Å². The standard InChI is InChI=1S/C17H20N2O2/c18-11-9-13-1-5-15(6-2-13)17(20)21-16-7-3-14(4-8-16)10-12-19/h1-8H,9-12,18-19H2. The van der Waals surface area contributed by atoms with Gasteiger partial charge in [-0.15, -0.1) is 0 Å². The van der Waals surface area contributed by atoms with E-state index in [1.165, 1.54) is 0 Å². The van der Waals surface area contributed by atoms with Gasteiger partial charge in [0.05, 0.1) is 5.56 Å². The molecule has 0 aliphatic rings. The third-order valence-corrected chi connectivity index (χ3v) is 3.19. The zero-order chi connectivity index (χ0) is 15.1. The van der Waals surface area contributed by atoms with Crippen LogP contribution >= 0.6 is 0 Å². The van der Waals surface area contributed by atoms with Crippen LogP contribution in [-0.2, 0) is 12.8 Å². The average Bonchev–Trinajstić information content (AvgIpc) is 2.50. The number of carbonyl (C=O) groups is 1. The molecule has 21 heavy (non-hydrogen) atoms. The van der Waals surface area contributed by atoms with Crippen molar-refractivity contribution in [2.24, 2.45) is 11.5 Å². The number of ether oxygens (including phenoxy) is 1. The van der Waals surface area contributed by atoms with E-state index in [-0.39, 0.29) is 5.97 Å². The van der Waals surface area contributed by atoms with E-state index in [2.05, 4.69) is 0 Å². The van der Waals surface area contributed by atoms with Gasteiger partial charge in [-0.3, -0.25) is 0 Å². The lowest BCUT2D eigenvalue weighted by atomic mass is 10.1. The molecule has 0 saturated carbocycles. The second-order valence-corrected chi connectivity index (χ2v) is 4.81. The number of rotatable bonds is 6. The Bertz CT molecular complexity index is 577. The molecule has 0 fully saturated rings. The highest BCUT2D eigenvalue weighted by Crippen LogP contribution is 2.15. The van der Waals surface area contributed by atoms with Gasteiger partial charge in [0.1, 0.15) is 5.75 Å². The fraction of sp³-hybridized carbons (Fsp3) is 0.235. The molecular weight excluding hydrogens is 264 g/mol. The second-order valence-electron chi connectivity index (χ2n) is 4.81. The normalized spacial score (nSPS) is 10.4. The van der Waals surface area contributed by atoms with Gasteiger partial charge >= 0.3 is 5.97 Å². The Kier molecular flexibility index (Phi) is 5.49. The van der Waals surface area contributed by atoms with Crippen molar-refractivity contribution in [1.82, 2.24) is 0 Å². The summed E-state index contributed by atoms with van der Waals surface area (Å²) in [7, 11) is 0. The van der Waals surface area contributed by atoms with Gasteiger partial charge in [-0.2, -0.15) is 0 Å². The molecule has 4 N–H and O–H groups in total. The number of nitrogens with two attached hydrogens (primary N) is 2. The monoisotopic (exact) mass is 284 g/mol. The summed E-state index contributed by atoms with van der Waals surface area (Å²) >= 11 is 0. The highest BCUT2D eigenvalue weighted by molar-refractivity contribution is 5.91. The summed E-state index contributed by atoms with van der Waals surface area (Å²) in [5, 5.41) is 0. The summed E-state index contributed by atoms with van der Waals surface area (Å²) in [6.07, 6.45) is 1.62. The van der Waals surface area contributed by atoms with E-state index in [1.54, 1.807) is 24.3 Å². The van der Waals surface area contributed by atoms with Crippen LogP contribution in [0, 0.1) is 0 Å². The fourth-order valence-electron chi connectivity index (χ4n) is 2.03. The highest BCUT2D eigenvalue weighted by atomic mass is 16.5. The van der Waals surface area contributed by atoms with Crippen LogP contribution < -0.4 is 16.2 Å². The Morgan fingerprint density at radius 2 is 1.29 bits per heavy atom. The highest BCUT2D eigenvalue weighted by Gasteiger charge is 2.08. The topological polar surface area (TPSA) is 78.3 Å². The van der Waals surface area contributed by atoms with E-state index >= 15 is 0 Å². The van der Waals surface area contributed by atoms with Gasteiger partial charge in [0.2, 0.25) is 0 Å². The quantitative estimate of drug-likeness (QED) is 0.627. The summed E-state index contributed by atoms with van der Waals surface area (Å²) < 4.78 is 5.34. The first-order valence-corrected chi connectivity index (χ1v) is 7.03. The van der Waals surface area contributed by atoms with E-state index in [9.17, 15) is 4.79 Å². The molecule has 4 nitrogen and oxygen atoms in total. The molecule has 0 bridgehead atoms. The van der Waals surface area contributed by atoms with E-state index < -0.39 is 0 Å². The number of esters is 1. The zero-order valence-corrected chi connectivity index (χ0v) is 11.9. The molecule has 0 saturated heterocycles. The number of carbonyl (C=O) groups excluding carboxylic acids is 1. The van der Waals surface area contributed by atoms with Gasteiger partial charge in [0, 0.05) is 0 Å². The number of hydrogen-bond acceptors (Lipinski definition) is 4. The molecule has 0 unspecified atom stereocenters. The SMILES string of the molecule is NCCc1ccc(OC(=O)c2ccc(CCN)cc2)cc1. The van der Waals surface area contributed by atoms with E-state index in [4.69, 9.17) is 16.2 Å². The molecule has 0 atom stereocenters. The van der Waals surface area contributed by atoms with Crippen LogP contribution in [-0.4, -0.2) is 19.1 Å². The Hall–Kier alpha value is -2.17. The minimum Gasteiger partial charge on any atom is -0.423 e. The first-order chi connectivity index (χ1) is 10.2. The number of benzene rings is 2. The van der Waals surface area contributed by atoms with Gasteiger partial charge < -0.3 is 16.2 Å². The fourth-order valence-corrected chi connectivity index (χ4v) is 2.03. The van der Waals surface area contributed by atoms with Crippen molar-refractivity contribution < 1.29 is 9.53 Å². The summed E-state index contributed by atoms with van der Waals surface area (Å²) in [6.45, 7) is 1.20. The van der Waals surface area contributed by atoms with Gasteiger partial charge in [-0.05, 0) is 61.3 Å². The molecule has 0 heterocycles. The van der Waals surface area contributed by atoms with Crippen molar-refractivity contribution in [3.8, 4) is 5.75 Å². The average molecular weight is 284 g/mol. The van der Waals surface area contributed by atoms with E-state index in [1.807, 2.05) is 24.3 Å². The summed E-state index contributed by atoms with van der Waals surface area (Å²) in [4.78, 5) is 12.0. The first kappa shape index (κ1) is 15.2. The van der Waals surface area contributed by atoms with Crippen molar-refractivity contribution >= 4 is 5.97 Å². The molecule has 0 amide bonds. The Balaban J connectivity index is 2.00. The van der Waals surface area contributed by atoms with Crippen LogP contribution in [0.5, 0.6) is 5.75 Å². The minimum absolute atomic E-state index is 0.360. The van der Waals surface area contributed by atoms with Crippen molar-refractivity contribution in [1.29, 1.82) is 0 Å². The lowest BCUT2D eigenvalue weighted by Gasteiger charge is -2.06. The Morgan fingerprint density at radius 1 is 0.810 bits per heavy atom. The van der Waals surface area contributed by atoms with Crippen molar-refractivity contribution in [3.63, 3.8) is 0 Å². The van der Waals surface area contributed by atoms with Crippen LogP contribution in [0.2, 0.25) is 0 Å². The van der Waals surface area contributed by atoms with E-state index in [0.29, 0.717) is 24.4 Å². The van der Waals surface area contributed by atoms with Crippen molar-refractivity contribution in [2.45, 2.75) is 12.8 Å². The second kappa shape index (κ2) is 7.57. The molecule has 2 rings (SSSR count). The molecule has 110 valence electrons. The smallest absolute Gasteiger partial charge is 0.343 e. The zero-order valence-electron chi connectivity index (χ0n) is 11.9. The van der Waals surface area contributed by atoms with E-state index in [0.717, 1.165) is 24.0 Å². The largest absolute Gasteiger partial charge is 0.423 e. The first-order valence-electron chi connectivity index (χ1n) is 7.03. The maximum atomic E-state index is 12.0. The molecule has 0 radical (unpaired) electrons. The van der Waals surface area contributed by atoms with Gasteiger partial charge in [0.25, 0.3) is 0 Å². The predicted octanol–water partition coefficient (Wildman–Crippen LogP) is 1.91. The molecule has 2 aromatic carbocycles. The Labute approximate surface area is 124 Å². The lowest BCUT2D eigenvalue weighted by Crippen LogP contribution is -2.09. The van der Waals surface area contributed by atoms with Crippen molar-refractivity contribution in [2.75, 3.05) is 13.1 Å². The minimum atomic E-state index is -0.360. The summed E-state index contributed by atoms with van der Waals surface area (Å²) in [5.74, 6) is 0.174. The molecule has 2 aromatic rings. The molecule has 0 spiro atoms. The molecule has 4 heteroatoms. The number of hydrogen-bond donors (Lipinski definition) is 2. The third kappa shape index (κ3) is 4.41. The van der Waals surface area contributed by atoms with Crippen LogP contribution in [0.4, 0.5) is 0 Å². The van der Waals surface area contributed by atoms with Gasteiger partial charge in [-0.25, -0.2) is 4.79 Å². The molecule has 0 aliphatic carbocycles. The molecule has 0 aromatic heterocycles. The van der Waals surface area contributed by atoms with Crippen molar-refractivity contribution in [3.05, 3.63) is 65.2 Å². The Morgan fingerprint density at radius 3 is 1.76 bits per heavy atom. The summed E-state index contributed by atoms with van der Waals surface area (Å²) in [6, 6.07) is 14.7. The van der Waals surface area contributed by atoms with Crippen LogP contribution in [0.1, 0.15) is 21.5 Å². The molecular formula is C17H20N2O2. The van der Waals surface area contributed by atoms with Gasteiger partial charge in [-0.1, -0.05) is 24.3 Å². The lowest BCUT2D eigenvalue weighted by molar-refractivity contribution is 0.0734. The maximum Gasteiger partial charge on any atom is 0.343 e. The predicted molar refractivity (Wildman–Crippen MR) is 83.4 cm³/mol.